The van der Waals surface area contributed by atoms with Crippen LogP contribution in [0.25, 0.3) is 136 Å². The van der Waals surface area contributed by atoms with Gasteiger partial charge in [0.2, 0.25) is 0 Å². The largest absolute Gasteiger partial charge is 0.311 e. The fourth-order valence-corrected chi connectivity index (χ4v) is 19.1. The van der Waals surface area contributed by atoms with Crippen molar-refractivity contribution in [3.63, 3.8) is 0 Å². The van der Waals surface area contributed by atoms with E-state index in [1.807, 2.05) is 35.6 Å². The Morgan fingerprint density at radius 2 is 0.743 bits per heavy atom. The third kappa shape index (κ3) is 9.80. The molecule has 2 aliphatic rings. The van der Waals surface area contributed by atoms with Crippen LogP contribution in [-0.2, 0) is 10.8 Å². The fourth-order valence-electron chi connectivity index (χ4n) is 18.0. The van der Waals surface area contributed by atoms with Crippen LogP contribution in [0.4, 0.5) is 34.1 Å². The zero-order valence-corrected chi connectivity index (χ0v) is 62.0. The molecule has 0 amide bonds. The Bertz CT molecular complexity index is 7030. The smallest absolute Gasteiger partial charge is 0.252 e. The van der Waals surface area contributed by atoms with Crippen molar-refractivity contribution in [2.24, 2.45) is 0 Å². The van der Waals surface area contributed by atoms with Crippen molar-refractivity contribution in [1.82, 2.24) is 13.7 Å². The second-order valence-corrected chi connectivity index (χ2v) is 32.5. The summed E-state index contributed by atoms with van der Waals surface area (Å²) in [6.45, 7) is 13.6. The van der Waals surface area contributed by atoms with Gasteiger partial charge in [0.1, 0.15) is 0 Å². The molecule has 0 aliphatic carbocycles. The molecule has 19 aromatic rings. The normalized spacial score (nSPS) is 12.8. The zero-order chi connectivity index (χ0) is 73.3. The SMILES string of the molecule is CC(C)(C)c1ccc(N2c3cc(-n4c5ccccc5c5ccccc54)ccc3B3c4ccc(-n5c6ccc(C#N)cc6c6cc(C#N)ccc65)cc4N(c4ccc(C(C)(C)C)cc4-c4ccccc4)c4cc(-c5ccc6c(c5)c5c7c(ccc5n6-c5ccccc5)sc5ccccc57)cc2c43)c(-c2ccccc2)c1. The Hall–Kier alpha value is -13.4. The minimum atomic E-state index is -0.304. The van der Waals surface area contributed by atoms with Crippen LogP contribution in [0.15, 0.2) is 315 Å². The van der Waals surface area contributed by atoms with Crippen LogP contribution in [0.2, 0.25) is 0 Å². The van der Waals surface area contributed by atoms with Crippen LogP contribution < -0.4 is 26.2 Å². The third-order valence-electron chi connectivity index (χ3n) is 23.2. The number of hydrogen-bond acceptors (Lipinski definition) is 5. The second-order valence-electron chi connectivity index (χ2n) is 31.4. The van der Waals surface area contributed by atoms with Gasteiger partial charge >= 0.3 is 0 Å². The Morgan fingerprint density at radius 1 is 0.294 bits per heavy atom. The summed E-state index contributed by atoms with van der Waals surface area (Å²) in [6.07, 6.45) is 0. The summed E-state index contributed by atoms with van der Waals surface area (Å²) in [7, 11) is 0. The van der Waals surface area contributed by atoms with Gasteiger partial charge in [-0.25, -0.2) is 0 Å². The topological polar surface area (TPSA) is 68.8 Å². The number of aromatic nitrogens is 3. The first-order valence-corrected chi connectivity index (χ1v) is 38.3. The molecule has 0 atom stereocenters. The minimum absolute atomic E-state index is 0.167. The molecule has 2 aliphatic heterocycles. The van der Waals surface area contributed by atoms with E-state index in [4.69, 9.17) is 0 Å². The van der Waals surface area contributed by atoms with E-state index in [9.17, 15) is 10.5 Å². The van der Waals surface area contributed by atoms with Gasteiger partial charge in [0.15, 0.2) is 0 Å². The number of thiophene rings is 1. The highest BCUT2D eigenvalue weighted by molar-refractivity contribution is 7.26. The second kappa shape index (κ2) is 24.0. The van der Waals surface area contributed by atoms with Gasteiger partial charge in [-0.2, -0.15) is 10.5 Å². The molecule has 0 saturated heterocycles. The van der Waals surface area contributed by atoms with Crippen molar-refractivity contribution in [1.29, 1.82) is 10.5 Å². The van der Waals surface area contributed by atoms with E-state index in [-0.39, 0.29) is 17.5 Å². The fraction of sp³-hybridized carbons (Fsp3) is 0.0800. The van der Waals surface area contributed by atoms with Crippen molar-refractivity contribution < 1.29 is 0 Å². The lowest BCUT2D eigenvalue weighted by Crippen LogP contribution is -2.61. The molecule has 0 unspecified atom stereocenters. The van der Waals surface area contributed by atoms with E-state index >= 15 is 0 Å². The maximum absolute atomic E-state index is 10.5. The molecule has 4 aromatic heterocycles. The maximum atomic E-state index is 10.5. The first kappa shape index (κ1) is 64.0. The monoisotopic (exact) mass is 1410 g/mol. The molecule has 7 nitrogen and oxygen atoms in total. The number of nitriles is 2. The van der Waals surface area contributed by atoms with E-state index in [1.54, 1.807) is 0 Å². The maximum Gasteiger partial charge on any atom is 0.252 e. The lowest BCUT2D eigenvalue weighted by atomic mass is 9.33. The summed E-state index contributed by atoms with van der Waals surface area (Å²) < 4.78 is 9.80. The van der Waals surface area contributed by atoms with Crippen LogP contribution in [0.3, 0.4) is 0 Å². The average Bonchev–Trinajstić information content (AvgIpc) is 1.27. The molecule has 514 valence electrons. The number of hydrogen-bond donors (Lipinski definition) is 0. The molecule has 6 heterocycles. The minimum Gasteiger partial charge on any atom is -0.311 e. The van der Waals surface area contributed by atoms with Gasteiger partial charge in [0.25, 0.3) is 6.71 Å². The summed E-state index contributed by atoms with van der Waals surface area (Å²) in [5.74, 6) is 0. The molecule has 0 saturated carbocycles. The summed E-state index contributed by atoms with van der Waals surface area (Å²) in [5, 5.41) is 30.1. The number of para-hydroxylation sites is 3. The van der Waals surface area contributed by atoms with Gasteiger partial charge in [0, 0.05) is 103 Å². The van der Waals surface area contributed by atoms with Crippen molar-refractivity contribution in [3.8, 4) is 62.6 Å². The Morgan fingerprint density at radius 3 is 1.27 bits per heavy atom. The van der Waals surface area contributed by atoms with Crippen molar-refractivity contribution in [2.75, 3.05) is 9.80 Å². The van der Waals surface area contributed by atoms with Crippen LogP contribution in [0.1, 0.15) is 63.8 Å². The molecular weight excluding hydrogens is 1340 g/mol. The first-order valence-electron chi connectivity index (χ1n) is 37.5. The van der Waals surface area contributed by atoms with Gasteiger partial charge in [-0.3, -0.25) is 0 Å². The Labute approximate surface area is 636 Å². The molecular formula is C100H70BN7S. The van der Waals surface area contributed by atoms with E-state index in [1.165, 1.54) is 63.8 Å². The summed E-state index contributed by atoms with van der Waals surface area (Å²) in [4.78, 5) is 5.25. The number of anilines is 6. The molecule has 21 rings (SSSR count). The molecule has 15 aromatic carbocycles. The molecule has 0 spiro atoms. The highest BCUT2D eigenvalue weighted by Gasteiger charge is 2.45. The van der Waals surface area contributed by atoms with Gasteiger partial charge < -0.3 is 23.5 Å². The number of benzene rings is 15. The highest BCUT2D eigenvalue weighted by atomic mass is 32.1. The first-order chi connectivity index (χ1) is 53.2. The van der Waals surface area contributed by atoms with Gasteiger partial charge in [-0.15, -0.1) is 11.3 Å². The molecule has 0 radical (unpaired) electrons. The summed E-state index contributed by atoms with van der Waals surface area (Å²) in [5.41, 5.74) is 29.4. The van der Waals surface area contributed by atoms with Crippen molar-refractivity contribution >= 4 is 154 Å². The quantitative estimate of drug-likeness (QED) is 0.142. The standard InChI is InChI=1S/C100H70BN7S/c1-99(2,3)67-37-46-84(75(55-67)63-22-10-7-11-23-63)107-90-57-70(105-82-31-19-16-28-72(82)73-29-17-20-32-83(73)105)39-41-80(90)101-81-42-40-71(106-86-43-34-61(59-102)50-77(86)78-51-62(60-103)35-44-87(78)106)58-91(81)108(85-47-38-68(100(4,5)6)56-76(85)64-24-12-8-13-25-64)93-54-66(53-92(107)98(93)101)65-36-45-88-79(52-65)96-89(104(88)69-26-14-9-15-27-69)48-49-95-97(96)74-30-18-21-33-94(74)109-95/h7-58H,1-6H3. The van der Waals surface area contributed by atoms with Crippen molar-refractivity contribution in [3.05, 3.63) is 338 Å². The average molecular weight is 1410 g/mol. The van der Waals surface area contributed by atoms with E-state index in [0.717, 1.165) is 134 Å². The molecule has 0 bridgehead atoms. The van der Waals surface area contributed by atoms with Gasteiger partial charge in [-0.1, -0.05) is 205 Å². The van der Waals surface area contributed by atoms with Gasteiger partial charge in [0.05, 0.1) is 67.7 Å². The van der Waals surface area contributed by atoms with Crippen LogP contribution >= 0.6 is 11.3 Å². The predicted octanol–water partition coefficient (Wildman–Crippen LogP) is 24.8. The summed E-state index contributed by atoms with van der Waals surface area (Å²) in [6, 6.07) is 122. The lowest BCUT2D eigenvalue weighted by Gasteiger charge is -2.45. The number of fused-ring (bicyclic) bond motifs is 17. The van der Waals surface area contributed by atoms with Gasteiger partial charge in [-0.05, 0) is 212 Å². The van der Waals surface area contributed by atoms with Crippen LogP contribution in [0, 0.1) is 22.7 Å². The van der Waals surface area contributed by atoms with Crippen molar-refractivity contribution in [2.45, 2.75) is 52.4 Å². The van der Waals surface area contributed by atoms with E-state index in [0.29, 0.717) is 11.1 Å². The number of rotatable bonds is 8. The molecule has 109 heavy (non-hydrogen) atoms. The summed E-state index contributed by atoms with van der Waals surface area (Å²) >= 11 is 1.86. The molecule has 0 N–H and O–H groups in total. The van der Waals surface area contributed by atoms with Crippen LogP contribution in [0.5, 0.6) is 0 Å². The lowest BCUT2D eigenvalue weighted by molar-refractivity contribution is 0.590. The third-order valence-corrected chi connectivity index (χ3v) is 24.3. The molecule has 9 heteroatoms. The Balaban J connectivity index is 0.930. The van der Waals surface area contributed by atoms with E-state index < -0.39 is 0 Å². The number of nitrogens with zero attached hydrogens (tertiary/aromatic N) is 7. The molecule has 0 fully saturated rings. The van der Waals surface area contributed by atoms with E-state index in [2.05, 4.69) is 368 Å². The van der Waals surface area contributed by atoms with Crippen LogP contribution in [-0.4, -0.2) is 20.4 Å². The highest BCUT2D eigenvalue weighted by Crippen LogP contribution is 2.53. The zero-order valence-electron chi connectivity index (χ0n) is 61.1. The Kier molecular flexibility index (Phi) is 14.1. The predicted molar refractivity (Wildman–Crippen MR) is 460 cm³/mol.